The SMILES string of the molecule is COc1ccc(C2=C(SC(C)C)C(=O)N(c3cccc(N(C)C)c3)C2=O)cc1OC. The average Bonchev–Trinajstić information content (AvgIpc) is 2.96. The molecule has 2 amide bonds. The second-order valence-electron chi connectivity index (χ2n) is 7.30. The number of methoxy groups -OCH3 is 2. The number of rotatable bonds is 7. The quantitative estimate of drug-likeness (QED) is 0.619. The first-order valence-corrected chi connectivity index (χ1v) is 10.5. The topological polar surface area (TPSA) is 59.1 Å². The van der Waals surface area contributed by atoms with Gasteiger partial charge in [-0.1, -0.05) is 26.0 Å². The van der Waals surface area contributed by atoms with Crippen molar-refractivity contribution in [3.63, 3.8) is 0 Å². The zero-order valence-electron chi connectivity index (χ0n) is 18.1. The number of thioether (sulfide) groups is 1. The molecule has 6 nitrogen and oxygen atoms in total. The fourth-order valence-corrected chi connectivity index (χ4v) is 4.23. The standard InChI is InChI=1S/C23H26N2O4S/c1-14(2)30-21-20(15-10-11-18(28-5)19(12-15)29-6)22(26)25(23(21)27)17-9-7-8-16(13-17)24(3)4/h7-14H,1-6H3. The molecule has 0 N–H and O–H groups in total. The number of imide groups is 1. The lowest BCUT2D eigenvalue weighted by atomic mass is 10.1. The third kappa shape index (κ3) is 4.03. The van der Waals surface area contributed by atoms with Crippen LogP contribution in [0.5, 0.6) is 11.5 Å². The fraction of sp³-hybridized carbons (Fsp3) is 0.304. The maximum Gasteiger partial charge on any atom is 0.272 e. The molecule has 0 aliphatic carbocycles. The number of benzene rings is 2. The number of hydrogen-bond acceptors (Lipinski definition) is 6. The first-order chi connectivity index (χ1) is 14.3. The van der Waals surface area contributed by atoms with Gasteiger partial charge in [0, 0.05) is 25.0 Å². The Bertz CT molecular complexity index is 1010. The number of carbonyl (C=O) groups excluding carboxylic acids is 2. The predicted molar refractivity (Wildman–Crippen MR) is 122 cm³/mol. The van der Waals surface area contributed by atoms with Crippen LogP contribution in [-0.4, -0.2) is 45.4 Å². The van der Waals surface area contributed by atoms with Crippen molar-refractivity contribution in [2.75, 3.05) is 38.1 Å². The van der Waals surface area contributed by atoms with Crippen LogP contribution in [0.25, 0.3) is 5.57 Å². The minimum atomic E-state index is -0.341. The second-order valence-corrected chi connectivity index (χ2v) is 8.89. The number of ether oxygens (including phenoxy) is 2. The molecule has 1 heterocycles. The van der Waals surface area contributed by atoms with Crippen molar-refractivity contribution in [3.05, 3.63) is 52.9 Å². The van der Waals surface area contributed by atoms with Crippen LogP contribution in [0.4, 0.5) is 11.4 Å². The van der Waals surface area contributed by atoms with Crippen LogP contribution in [0, 0.1) is 0 Å². The van der Waals surface area contributed by atoms with Gasteiger partial charge in [0.05, 0.1) is 30.4 Å². The zero-order chi connectivity index (χ0) is 22.0. The summed E-state index contributed by atoms with van der Waals surface area (Å²) in [6, 6.07) is 12.6. The van der Waals surface area contributed by atoms with E-state index in [9.17, 15) is 9.59 Å². The van der Waals surface area contributed by atoms with Gasteiger partial charge in [0.25, 0.3) is 11.8 Å². The molecule has 3 rings (SSSR count). The molecule has 1 aliphatic heterocycles. The van der Waals surface area contributed by atoms with Gasteiger partial charge in [-0.25, -0.2) is 4.90 Å². The van der Waals surface area contributed by atoms with Gasteiger partial charge in [-0.2, -0.15) is 0 Å². The van der Waals surface area contributed by atoms with Crippen molar-refractivity contribution in [2.45, 2.75) is 19.1 Å². The summed E-state index contributed by atoms with van der Waals surface area (Å²) >= 11 is 1.39. The summed E-state index contributed by atoms with van der Waals surface area (Å²) in [6.07, 6.45) is 0. The summed E-state index contributed by atoms with van der Waals surface area (Å²) in [5.74, 6) is 0.419. The van der Waals surface area contributed by atoms with E-state index in [2.05, 4.69) is 0 Å². The van der Waals surface area contributed by atoms with E-state index in [1.807, 2.05) is 51.0 Å². The summed E-state index contributed by atoms with van der Waals surface area (Å²) in [5, 5.41) is 0.139. The van der Waals surface area contributed by atoms with Gasteiger partial charge in [0.1, 0.15) is 0 Å². The highest BCUT2D eigenvalue weighted by molar-refractivity contribution is 8.04. The number of nitrogens with zero attached hydrogens (tertiary/aromatic N) is 2. The first-order valence-electron chi connectivity index (χ1n) is 9.58. The Morgan fingerprint density at radius 3 is 2.23 bits per heavy atom. The first kappa shape index (κ1) is 21.8. The van der Waals surface area contributed by atoms with Gasteiger partial charge in [-0.3, -0.25) is 9.59 Å². The van der Waals surface area contributed by atoms with Gasteiger partial charge in [-0.15, -0.1) is 11.8 Å². The molecule has 0 unspecified atom stereocenters. The highest BCUT2D eigenvalue weighted by atomic mass is 32.2. The van der Waals surface area contributed by atoms with Crippen molar-refractivity contribution in [1.29, 1.82) is 0 Å². The molecule has 0 saturated carbocycles. The van der Waals surface area contributed by atoms with Crippen LogP contribution in [0.15, 0.2) is 47.4 Å². The molecule has 2 aromatic rings. The minimum Gasteiger partial charge on any atom is -0.493 e. The lowest BCUT2D eigenvalue weighted by molar-refractivity contribution is -0.119. The molecule has 0 aromatic heterocycles. The molecule has 0 fully saturated rings. The third-order valence-electron chi connectivity index (χ3n) is 4.67. The Morgan fingerprint density at radius 2 is 1.63 bits per heavy atom. The summed E-state index contributed by atoms with van der Waals surface area (Å²) < 4.78 is 10.7. The summed E-state index contributed by atoms with van der Waals surface area (Å²) in [5.41, 5.74) is 2.47. The number of hydrogen-bond donors (Lipinski definition) is 0. The van der Waals surface area contributed by atoms with Crippen molar-refractivity contribution in [2.24, 2.45) is 0 Å². The molecule has 0 radical (unpaired) electrons. The Balaban J connectivity index is 2.12. The van der Waals surface area contributed by atoms with Crippen molar-refractivity contribution < 1.29 is 19.1 Å². The van der Waals surface area contributed by atoms with E-state index in [1.165, 1.54) is 16.7 Å². The normalized spacial score (nSPS) is 14.0. The Kier molecular flexibility index (Phi) is 6.41. The zero-order valence-corrected chi connectivity index (χ0v) is 18.9. The molecule has 0 atom stereocenters. The summed E-state index contributed by atoms with van der Waals surface area (Å²) in [6.45, 7) is 3.99. The molecule has 7 heteroatoms. The maximum atomic E-state index is 13.5. The van der Waals surface area contributed by atoms with Crippen LogP contribution in [-0.2, 0) is 9.59 Å². The van der Waals surface area contributed by atoms with E-state index >= 15 is 0 Å². The molecule has 0 spiro atoms. The molecular weight excluding hydrogens is 400 g/mol. The van der Waals surface area contributed by atoms with E-state index in [0.717, 1.165) is 5.69 Å². The lowest BCUT2D eigenvalue weighted by Gasteiger charge is -2.19. The molecule has 1 aliphatic rings. The van der Waals surface area contributed by atoms with Crippen LogP contribution < -0.4 is 19.3 Å². The second kappa shape index (κ2) is 8.83. The monoisotopic (exact) mass is 426 g/mol. The smallest absolute Gasteiger partial charge is 0.272 e. The summed E-state index contributed by atoms with van der Waals surface area (Å²) in [4.78, 5) is 30.5. The number of carbonyl (C=O) groups is 2. The maximum absolute atomic E-state index is 13.5. The largest absolute Gasteiger partial charge is 0.493 e. The Hall–Kier alpha value is -2.93. The summed E-state index contributed by atoms with van der Waals surface area (Å²) in [7, 11) is 6.93. The molecule has 158 valence electrons. The van der Waals surface area contributed by atoms with Crippen LogP contribution in [0.1, 0.15) is 19.4 Å². The Morgan fingerprint density at radius 1 is 0.933 bits per heavy atom. The molecular formula is C23H26N2O4S. The highest BCUT2D eigenvalue weighted by Crippen LogP contribution is 2.42. The number of amides is 2. The average molecular weight is 427 g/mol. The van der Waals surface area contributed by atoms with Crippen molar-refractivity contribution in [3.8, 4) is 11.5 Å². The molecule has 0 bridgehead atoms. The van der Waals surface area contributed by atoms with Crippen LogP contribution >= 0.6 is 11.8 Å². The van der Waals surface area contributed by atoms with E-state index in [-0.39, 0.29) is 17.1 Å². The Labute approximate surface area is 181 Å². The van der Waals surface area contributed by atoms with Crippen molar-refractivity contribution >= 4 is 40.5 Å². The van der Waals surface area contributed by atoms with Gasteiger partial charge < -0.3 is 14.4 Å². The van der Waals surface area contributed by atoms with E-state index in [1.54, 1.807) is 38.5 Å². The highest BCUT2D eigenvalue weighted by Gasteiger charge is 2.40. The van der Waals surface area contributed by atoms with Gasteiger partial charge in [0.15, 0.2) is 11.5 Å². The van der Waals surface area contributed by atoms with Crippen molar-refractivity contribution in [1.82, 2.24) is 0 Å². The van der Waals surface area contributed by atoms with Gasteiger partial charge >= 0.3 is 0 Å². The lowest BCUT2D eigenvalue weighted by Crippen LogP contribution is -2.31. The molecule has 0 saturated heterocycles. The molecule has 30 heavy (non-hydrogen) atoms. The van der Waals surface area contributed by atoms with E-state index in [0.29, 0.717) is 33.2 Å². The van der Waals surface area contributed by atoms with Gasteiger partial charge in [-0.05, 0) is 35.9 Å². The van der Waals surface area contributed by atoms with E-state index in [4.69, 9.17) is 9.47 Å². The van der Waals surface area contributed by atoms with Crippen LogP contribution in [0.2, 0.25) is 0 Å². The van der Waals surface area contributed by atoms with Crippen LogP contribution in [0.3, 0.4) is 0 Å². The predicted octanol–water partition coefficient (Wildman–Crippen LogP) is 4.20. The molecule has 2 aromatic carbocycles. The van der Waals surface area contributed by atoms with Gasteiger partial charge in [0.2, 0.25) is 0 Å². The third-order valence-corrected chi connectivity index (χ3v) is 5.76. The fourth-order valence-electron chi connectivity index (χ4n) is 3.25. The minimum absolute atomic E-state index is 0.139. The number of anilines is 2. The van der Waals surface area contributed by atoms with E-state index < -0.39 is 0 Å².